The van der Waals surface area contributed by atoms with Gasteiger partial charge < -0.3 is 15.7 Å². The number of anilines is 2. The Kier molecular flexibility index (Phi) is 2.93. The predicted molar refractivity (Wildman–Crippen MR) is 60.8 cm³/mol. The standard InChI is InChI=1S/C11H14N4O/c12-7-10-9(13)1-2-11(14-10)15-5-3-8(16)4-6-15/h1-2,8,16H,3-6,13H2. The van der Waals surface area contributed by atoms with E-state index in [-0.39, 0.29) is 11.8 Å². The number of nitriles is 1. The third-order valence-corrected chi connectivity index (χ3v) is 2.81. The minimum atomic E-state index is -0.208. The van der Waals surface area contributed by atoms with Crippen LogP contribution in [-0.2, 0) is 0 Å². The molecule has 5 heteroatoms. The summed E-state index contributed by atoms with van der Waals surface area (Å²) in [5, 5.41) is 18.2. The van der Waals surface area contributed by atoms with Crippen LogP contribution < -0.4 is 10.6 Å². The largest absolute Gasteiger partial charge is 0.396 e. The third-order valence-electron chi connectivity index (χ3n) is 2.81. The molecule has 2 rings (SSSR count). The number of nitrogens with zero attached hydrogens (tertiary/aromatic N) is 3. The van der Waals surface area contributed by atoms with Gasteiger partial charge in [0.1, 0.15) is 11.9 Å². The number of hydrogen-bond donors (Lipinski definition) is 2. The highest BCUT2D eigenvalue weighted by Gasteiger charge is 2.18. The van der Waals surface area contributed by atoms with Crippen molar-refractivity contribution in [1.29, 1.82) is 5.26 Å². The van der Waals surface area contributed by atoms with Crippen molar-refractivity contribution in [3.8, 4) is 6.07 Å². The van der Waals surface area contributed by atoms with Crippen LogP contribution in [0.4, 0.5) is 11.5 Å². The second-order valence-electron chi connectivity index (χ2n) is 3.94. The molecule has 0 bridgehead atoms. The highest BCUT2D eigenvalue weighted by molar-refractivity contribution is 5.55. The predicted octanol–water partition coefficient (Wildman–Crippen LogP) is 0.497. The van der Waals surface area contributed by atoms with Gasteiger partial charge >= 0.3 is 0 Å². The Morgan fingerprint density at radius 2 is 2.12 bits per heavy atom. The number of aliphatic hydroxyl groups is 1. The van der Waals surface area contributed by atoms with Gasteiger partial charge in [-0.3, -0.25) is 0 Å². The Labute approximate surface area is 94.1 Å². The fourth-order valence-electron chi connectivity index (χ4n) is 1.82. The van der Waals surface area contributed by atoms with Crippen molar-refractivity contribution in [2.75, 3.05) is 23.7 Å². The first-order valence-corrected chi connectivity index (χ1v) is 5.30. The highest BCUT2D eigenvalue weighted by atomic mass is 16.3. The van der Waals surface area contributed by atoms with Crippen LogP contribution in [0.1, 0.15) is 18.5 Å². The average molecular weight is 218 g/mol. The molecule has 3 N–H and O–H groups in total. The maximum Gasteiger partial charge on any atom is 0.165 e. The van der Waals surface area contributed by atoms with Crippen LogP contribution >= 0.6 is 0 Å². The molecule has 0 aliphatic carbocycles. The Hall–Kier alpha value is -1.80. The summed E-state index contributed by atoms with van der Waals surface area (Å²) in [5.41, 5.74) is 6.28. The molecule has 1 saturated heterocycles. The summed E-state index contributed by atoms with van der Waals surface area (Å²) in [5.74, 6) is 0.762. The number of pyridine rings is 1. The molecular weight excluding hydrogens is 204 g/mol. The van der Waals surface area contributed by atoms with Gasteiger partial charge in [-0.15, -0.1) is 0 Å². The van der Waals surface area contributed by atoms with Gasteiger partial charge in [-0.05, 0) is 25.0 Å². The zero-order valence-electron chi connectivity index (χ0n) is 8.93. The lowest BCUT2D eigenvalue weighted by atomic mass is 10.1. The van der Waals surface area contributed by atoms with Crippen molar-refractivity contribution < 1.29 is 5.11 Å². The monoisotopic (exact) mass is 218 g/mol. The fraction of sp³-hybridized carbons (Fsp3) is 0.455. The van der Waals surface area contributed by atoms with E-state index in [9.17, 15) is 5.11 Å². The zero-order chi connectivity index (χ0) is 11.5. The van der Waals surface area contributed by atoms with E-state index in [0.717, 1.165) is 31.7 Å². The molecule has 0 radical (unpaired) electrons. The van der Waals surface area contributed by atoms with Crippen LogP contribution in [0.2, 0.25) is 0 Å². The molecule has 1 aromatic heterocycles. The number of piperidine rings is 1. The normalized spacial score (nSPS) is 17.1. The Bertz CT molecular complexity index is 418. The fourth-order valence-corrected chi connectivity index (χ4v) is 1.82. The minimum absolute atomic E-state index is 0.208. The summed E-state index contributed by atoms with van der Waals surface area (Å²) in [4.78, 5) is 6.26. The summed E-state index contributed by atoms with van der Waals surface area (Å²) in [6, 6.07) is 5.49. The Balaban J connectivity index is 2.18. The minimum Gasteiger partial charge on any atom is -0.396 e. The Morgan fingerprint density at radius 1 is 1.44 bits per heavy atom. The molecule has 0 spiro atoms. The molecule has 0 unspecified atom stereocenters. The van der Waals surface area contributed by atoms with E-state index in [0.29, 0.717) is 5.69 Å². The van der Waals surface area contributed by atoms with Gasteiger partial charge in [-0.25, -0.2) is 4.98 Å². The first-order chi connectivity index (χ1) is 7.70. The summed E-state index contributed by atoms with van der Waals surface area (Å²) in [6.07, 6.45) is 1.28. The third kappa shape index (κ3) is 2.07. The van der Waals surface area contributed by atoms with E-state index < -0.39 is 0 Å². The lowest BCUT2D eigenvalue weighted by Crippen LogP contribution is -2.36. The van der Waals surface area contributed by atoms with Crippen molar-refractivity contribution in [2.24, 2.45) is 0 Å². The lowest BCUT2D eigenvalue weighted by molar-refractivity contribution is 0.145. The smallest absolute Gasteiger partial charge is 0.165 e. The SMILES string of the molecule is N#Cc1nc(N2CCC(O)CC2)ccc1N. The van der Waals surface area contributed by atoms with Crippen molar-refractivity contribution in [2.45, 2.75) is 18.9 Å². The second-order valence-corrected chi connectivity index (χ2v) is 3.94. The number of aliphatic hydroxyl groups excluding tert-OH is 1. The van der Waals surface area contributed by atoms with Crippen LogP contribution in [0.3, 0.4) is 0 Å². The van der Waals surface area contributed by atoms with Crippen LogP contribution in [0.5, 0.6) is 0 Å². The zero-order valence-corrected chi connectivity index (χ0v) is 8.93. The number of nitrogen functional groups attached to an aromatic ring is 1. The molecule has 1 aromatic rings. The van der Waals surface area contributed by atoms with Crippen molar-refractivity contribution in [3.63, 3.8) is 0 Å². The molecule has 5 nitrogen and oxygen atoms in total. The van der Waals surface area contributed by atoms with Crippen molar-refractivity contribution in [3.05, 3.63) is 17.8 Å². The molecule has 1 aliphatic heterocycles. The van der Waals surface area contributed by atoms with Gasteiger partial charge in [-0.1, -0.05) is 0 Å². The molecule has 16 heavy (non-hydrogen) atoms. The van der Waals surface area contributed by atoms with Crippen LogP contribution in [0.15, 0.2) is 12.1 Å². The van der Waals surface area contributed by atoms with Crippen LogP contribution in [0, 0.1) is 11.3 Å². The molecule has 1 aliphatic rings. The second kappa shape index (κ2) is 4.37. The van der Waals surface area contributed by atoms with E-state index >= 15 is 0 Å². The summed E-state index contributed by atoms with van der Waals surface area (Å²) >= 11 is 0. The van der Waals surface area contributed by atoms with E-state index in [4.69, 9.17) is 11.0 Å². The first kappa shape index (κ1) is 10.7. The van der Waals surface area contributed by atoms with E-state index in [1.54, 1.807) is 6.07 Å². The van der Waals surface area contributed by atoms with Gasteiger partial charge in [-0.2, -0.15) is 5.26 Å². The van der Waals surface area contributed by atoms with Gasteiger partial charge in [0.15, 0.2) is 5.69 Å². The molecule has 0 atom stereocenters. The molecular formula is C11H14N4O. The lowest BCUT2D eigenvalue weighted by Gasteiger charge is -2.30. The van der Waals surface area contributed by atoms with E-state index in [1.165, 1.54) is 0 Å². The van der Waals surface area contributed by atoms with Crippen LogP contribution in [0.25, 0.3) is 0 Å². The Morgan fingerprint density at radius 3 is 2.75 bits per heavy atom. The molecule has 0 saturated carbocycles. The van der Waals surface area contributed by atoms with Gasteiger partial charge in [0.25, 0.3) is 0 Å². The van der Waals surface area contributed by atoms with Crippen LogP contribution in [-0.4, -0.2) is 29.3 Å². The summed E-state index contributed by atoms with van der Waals surface area (Å²) in [7, 11) is 0. The van der Waals surface area contributed by atoms with Gasteiger partial charge in [0.05, 0.1) is 11.8 Å². The van der Waals surface area contributed by atoms with Gasteiger partial charge in [0.2, 0.25) is 0 Å². The van der Waals surface area contributed by atoms with Crippen molar-refractivity contribution in [1.82, 2.24) is 4.98 Å². The van der Waals surface area contributed by atoms with E-state index in [2.05, 4.69) is 9.88 Å². The molecule has 0 amide bonds. The number of rotatable bonds is 1. The number of aromatic nitrogens is 1. The van der Waals surface area contributed by atoms with E-state index in [1.807, 2.05) is 12.1 Å². The summed E-state index contributed by atoms with van der Waals surface area (Å²) < 4.78 is 0. The van der Waals surface area contributed by atoms with Crippen molar-refractivity contribution >= 4 is 11.5 Å². The number of hydrogen-bond acceptors (Lipinski definition) is 5. The maximum atomic E-state index is 9.40. The topological polar surface area (TPSA) is 86.2 Å². The maximum absolute atomic E-state index is 9.40. The molecule has 0 aromatic carbocycles. The van der Waals surface area contributed by atoms with Gasteiger partial charge in [0, 0.05) is 13.1 Å². The summed E-state index contributed by atoms with van der Waals surface area (Å²) in [6.45, 7) is 1.53. The quantitative estimate of drug-likeness (QED) is 0.716. The highest BCUT2D eigenvalue weighted by Crippen LogP contribution is 2.20. The molecule has 1 fully saturated rings. The number of nitrogens with two attached hydrogens (primary N) is 1. The molecule has 84 valence electrons. The molecule has 2 heterocycles. The average Bonchev–Trinajstić information content (AvgIpc) is 2.31. The first-order valence-electron chi connectivity index (χ1n) is 5.30.